The highest BCUT2D eigenvalue weighted by atomic mass is 79.9. The van der Waals surface area contributed by atoms with E-state index in [1.165, 1.54) is 0 Å². The number of fused-ring (bicyclic) bond motifs is 1. The van der Waals surface area contributed by atoms with E-state index in [9.17, 15) is 4.79 Å². The fourth-order valence-corrected chi connectivity index (χ4v) is 3.33. The van der Waals surface area contributed by atoms with E-state index in [1.807, 2.05) is 6.07 Å². The highest BCUT2D eigenvalue weighted by Gasteiger charge is 2.13. The van der Waals surface area contributed by atoms with E-state index in [1.54, 1.807) is 54.6 Å². The predicted molar refractivity (Wildman–Crippen MR) is 112 cm³/mol. The van der Waals surface area contributed by atoms with Crippen molar-refractivity contribution in [2.45, 2.75) is 0 Å². The summed E-state index contributed by atoms with van der Waals surface area (Å²) in [5.74, 6) is 0.154. The van der Waals surface area contributed by atoms with Gasteiger partial charge in [-0.2, -0.15) is 0 Å². The van der Waals surface area contributed by atoms with Gasteiger partial charge in [0.2, 0.25) is 5.89 Å². The highest BCUT2D eigenvalue weighted by Crippen LogP contribution is 2.31. The molecular weight excluding hydrogens is 451 g/mol. The smallest absolute Gasteiger partial charge is 0.255 e. The molecule has 0 aliphatic rings. The third-order valence-electron chi connectivity index (χ3n) is 3.90. The number of hydrogen-bond donors (Lipinski definition) is 1. The van der Waals surface area contributed by atoms with Crippen molar-refractivity contribution >= 4 is 61.8 Å². The second kappa shape index (κ2) is 7.35. The molecule has 1 N–H and O–H groups in total. The lowest BCUT2D eigenvalue weighted by molar-refractivity contribution is 0.102. The Morgan fingerprint density at radius 2 is 1.89 bits per heavy atom. The number of halogens is 3. The van der Waals surface area contributed by atoms with Crippen LogP contribution < -0.4 is 5.32 Å². The Labute approximate surface area is 173 Å². The van der Waals surface area contributed by atoms with Crippen molar-refractivity contribution in [3.63, 3.8) is 0 Å². The Morgan fingerprint density at radius 1 is 1.04 bits per heavy atom. The van der Waals surface area contributed by atoms with Crippen LogP contribution in [0.25, 0.3) is 22.6 Å². The first-order valence-corrected chi connectivity index (χ1v) is 9.47. The van der Waals surface area contributed by atoms with Crippen LogP contribution in [-0.2, 0) is 0 Å². The molecule has 0 saturated heterocycles. The van der Waals surface area contributed by atoms with Crippen molar-refractivity contribution in [3.05, 3.63) is 80.7 Å². The zero-order valence-corrected chi connectivity index (χ0v) is 16.8. The standard InChI is InChI=1S/C20H11BrCl2N2O2/c21-13-3-1-2-11(8-13)19(26)24-16-9-12(4-6-15(16)23)20-25-17-10-14(22)5-7-18(17)27-20/h1-10H,(H,24,26). The molecule has 4 aromatic rings. The first kappa shape index (κ1) is 18.0. The maximum Gasteiger partial charge on any atom is 0.255 e. The molecule has 0 bridgehead atoms. The van der Waals surface area contributed by atoms with E-state index < -0.39 is 0 Å². The largest absolute Gasteiger partial charge is 0.436 e. The lowest BCUT2D eigenvalue weighted by Crippen LogP contribution is -2.12. The fourth-order valence-electron chi connectivity index (χ4n) is 2.60. The van der Waals surface area contributed by atoms with Crippen LogP contribution in [0.2, 0.25) is 10.0 Å². The summed E-state index contributed by atoms with van der Waals surface area (Å²) in [5, 5.41) is 3.83. The second-order valence-electron chi connectivity index (χ2n) is 5.79. The molecule has 1 amide bonds. The maximum absolute atomic E-state index is 12.5. The fraction of sp³-hybridized carbons (Fsp3) is 0. The number of anilines is 1. The molecule has 1 heterocycles. The first-order valence-electron chi connectivity index (χ1n) is 7.92. The van der Waals surface area contributed by atoms with Crippen LogP contribution in [-0.4, -0.2) is 10.9 Å². The van der Waals surface area contributed by atoms with Gasteiger partial charge in [0.25, 0.3) is 5.91 Å². The minimum absolute atomic E-state index is 0.264. The Kier molecular flexibility index (Phi) is 4.91. The van der Waals surface area contributed by atoms with E-state index in [2.05, 4.69) is 26.2 Å². The van der Waals surface area contributed by atoms with E-state index in [4.69, 9.17) is 27.6 Å². The molecule has 0 radical (unpaired) electrons. The van der Waals surface area contributed by atoms with Gasteiger partial charge in [0.15, 0.2) is 5.58 Å². The monoisotopic (exact) mass is 460 g/mol. The van der Waals surface area contributed by atoms with Crippen molar-refractivity contribution in [1.29, 1.82) is 0 Å². The van der Waals surface area contributed by atoms with Crippen LogP contribution in [0, 0.1) is 0 Å². The normalized spacial score (nSPS) is 10.9. The average molecular weight is 462 g/mol. The topological polar surface area (TPSA) is 55.1 Å². The molecule has 1 aromatic heterocycles. The van der Waals surface area contributed by atoms with Crippen LogP contribution in [0.15, 0.2) is 69.6 Å². The lowest BCUT2D eigenvalue weighted by Gasteiger charge is -2.09. The van der Waals surface area contributed by atoms with Gasteiger partial charge in [0, 0.05) is 20.6 Å². The number of carbonyl (C=O) groups excluding carboxylic acids is 1. The van der Waals surface area contributed by atoms with Gasteiger partial charge in [0.05, 0.1) is 10.7 Å². The Morgan fingerprint density at radius 3 is 2.70 bits per heavy atom. The van der Waals surface area contributed by atoms with Crippen LogP contribution in [0.4, 0.5) is 5.69 Å². The number of nitrogens with one attached hydrogen (secondary N) is 1. The van der Waals surface area contributed by atoms with Crippen molar-refractivity contribution < 1.29 is 9.21 Å². The summed E-state index contributed by atoms with van der Waals surface area (Å²) < 4.78 is 6.60. The lowest BCUT2D eigenvalue weighted by atomic mass is 10.1. The predicted octanol–water partition coefficient (Wildman–Crippen LogP) is 6.82. The molecule has 4 rings (SSSR count). The van der Waals surface area contributed by atoms with Crippen molar-refractivity contribution in [2.24, 2.45) is 0 Å². The molecular formula is C20H11BrCl2N2O2. The highest BCUT2D eigenvalue weighted by molar-refractivity contribution is 9.10. The third kappa shape index (κ3) is 3.86. The van der Waals surface area contributed by atoms with Gasteiger partial charge < -0.3 is 9.73 Å². The summed E-state index contributed by atoms with van der Waals surface area (Å²) in [6.45, 7) is 0. The summed E-state index contributed by atoms with van der Waals surface area (Å²) >= 11 is 15.6. The Balaban J connectivity index is 1.67. The molecule has 0 aliphatic carbocycles. The van der Waals surface area contributed by atoms with Crippen LogP contribution >= 0.6 is 39.1 Å². The SMILES string of the molecule is O=C(Nc1cc(-c2nc3cc(Cl)ccc3o2)ccc1Cl)c1cccc(Br)c1. The number of benzene rings is 3. The van der Waals surface area contributed by atoms with Gasteiger partial charge >= 0.3 is 0 Å². The molecule has 3 aromatic carbocycles. The molecule has 0 aliphatic heterocycles. The summed E-state index contributed by atoms with van der Waals surface area (Å²) in [4.78, 5) is 17.0. The number of carbonyl (C=O) groups is 1. The summed E-state index contributed by atoms with van der Waals surface area (Å²) in [6, 6.07) is 17.5. The first-order chi connectivity index (χ1) is 13.0. The van der Waals surface area contributed by atoms with Gasteiger partial charge in [-0.1, -0.05) is 45.2 Å². The van der Waals surface area contributed by atoms with E-state index in [0.717, 1.165) is 4.47 Å². The summed E-state index contributed by atoms with van der Waals surface area (Å²) in [5.41, 5.74) is 2.97. The van der Waals surface area contributed by atoms with Gasteiger partial charge in [-0.3, -0.25) is 4.79 Å². The number of hydrogen-bond acceptors (Lipinski definition) is 3. The molecule has 0 saturated carbocycles. The minimum atomic E-state index is -0.264. The van der Waals surface area contributed by atoms with E-state index in [-0.39, 0.29) is 5.91 Å². The van der Waals surface area contributed by atoms with Gasteiger partial charge in [-0.15, -0.1) is 0 Å². The van der Waals surface area contributed by atoms with Crippen LogP contribution in [0.5, 0.6) is 0 Å². The van der Waals surface area contributed by atoms with Gasteiger partial charge in [-0.05, 0) is 54.6 Å². The number of nitrogens with zero attached hydrogens (tertiary/aromatic N) is 1. The number of rotatable bonds is 3. The molecule has 0 spiro atoms. The molecule has 0 unspecified atom stereocenters. The second-order valence-corrected chi connectivity index (χ2v) is 7.55. The van der Waals surface area contributed by atoms with Crippen molar-refractivity contribution in [2.75, 3.05) is 5.32 Å². The summed E-state index contributed by atoms with van der Waals surface area (Å²) in [7, 11) is 0. The van der Waals surface area contributed by atoms with Crippen molar-refractivity contribution in [1.82, 2.24) is 4.98 Å². The van der Waals surface area contributed by atoms with E-state index in [0.29, 0.717) is 43.9 Å². The molecule has 27 heavy (non-hydrogen) atoms. The van der Waals surface area contributed by atoms with Crippen LogP contribution in [0.1, 0.15) is 10.4 Å². The zero-order chi connectivity index (χ0) is 19.0. The Bertz CT molecular complexity index is 1170. The summed E-state index contributed by atoms with van der Waals surface area (Å²) in [6.07, 6.45) is 0. The molecule has 134 valence electrons. The number of oxazole rings is 1. The number of amides is 1. The quantitative estimate of drug-likeness (QED) is 0.364. The Hall–Kier alpha value is -2.34. The number of aromatic nitrogens is 1. The zero-order valence-electron chi connectivity index (χ0n) is 13.7. The maximum atomic E-state index is 12.5. The van der Waals surface area contributed by atoms with E-state index >= 15 is 0 Å². The van der Waals surface area contributed by atoms with Gasteiger partial charge in [0.1, 0.15) is 5.52 Å². The molecule has 0 fully saturated rings. The average Bonchev–Trinajstić information content (AvgIpc) is 3.06. The molecule has 7 heteroatoms. The van der Waals surface area contributed by atoms with Crippen molar-refractivity contribution in [3.8, 4) is 11.5 Å². The minimum Gasteiger partial charge on any atom is -0.436 e. The molecule has 0 atom stereocenters. The third-order valence-corrected chi connectivity index (χ3v) is 4.96. The van der Waals surface area contributed by atoms with Crippen LogP contribution in [0.3, 0.4) is 0 Å². The van der Waals surface area contributed by atoms with Gasteiger partial charge in [-0.25, -0.2) is 4.98 Å². The molecule has 4 nitrogen and oxygen atoms in total.